The number of hydrogen-bond acceptors (Lipinski definition) is 2. The Morgan fingerprint density at radius 3 is 1.57 bits per heavy atom. The van der Waals surface area contributed by atoms with E-state index in [-0.39, 0.29) is 0 Å². The van der Waals surface area contributed by atoms with E-state index in [0.717, 1.165) is 34.0 Å². The first kappa shape index (κ1) is 32.8. The highest BCUT2D eigenvalue weighted by atomic mass is 32.1. The molecule has 0 radical (unpaired) electrons. The molecular formula is C54H35N3S. The maximum absolute atomic E-state index is 2.49. The second kappa shape index (κ2) is 13.1. The lowest BCUT2D eigenvalue weighted by atomic mass is 10.0. The topological polar surface area (TPSA) is 13.1 Å². The molecule has 0 unspecified atom stereocenters. The van der Waals surface area contributed by atoms with Gasteiger partial charge in [-0.2, -0.15) is 0 Å². The van der Waals surface area contributed by atoms with Gasteiger partial charge in [-0.1, -0.05) is 133 Å². The zero-order valence-corrected chi connectivity index (χ0v) is 32.3. The molecule has 4 heteroatoms. The summed E-state index contributed by atoms with van der Waals surface area (Å²) in [5.74, 6) is 0. The monoisotopic (exact) mass is 757 g/mol. The van der Waals surface area contributed by atoms with Crippen LogP contribution in [-0.2, 0) is 0 Å². The van der Waals surface area contributed by atoms with E-state index in [2.05, 4.69) is 226 Å². The Hall–Kier alpha value is -7.40. The molecule has 3 aromatic heterocycles. The zero-order chi connectivity index (χ0) is 38.2. The quantitative estimate of drug-likeness (QED) is 0.165. The van der Waals surface area contributed by atoms with Gasteiger partial charge in [0.25, 0.3) is 0 Å². The molecule has 3 heterocycles. The molecule has 0 aliphatic heterocycles. The van der Waals surface area contributed by atoms with Gasteiger partial charge in [-0.25, -0.2) is 0 Å². The molecule has 12 aromatic rings. The summed E-state index contributed by atoms with van der Waals surface area (Å²) in [5.41, 5.74) is 12.6. The number of fused-ring (bicyclic) bond motifs is 9. The Labute approximate surface area is 339 Å². The molecule has 0 aliphatic rings. The van der Waals surface area contributed by atoms with Crippen LogP contribution in [-0.4, -0.2) is 9.13 Å². The summed E-state index contributed by atoms with van der Waals surface area (Å²) in [6.07, 6.45) is 0. The van der Waals surface area contributed by atoms with Crippen molar-refractivity contribution in [2.24, 2.45) is 0 Å². The van der Waals surface area contributed by atoms with E-state index in [0.29, 0.717) is 0 Å². The van der Waals surface area contributed by atoms with Crippen molar-refractivity contribution in [3.63, 3.8) is 0 Å². The van der Waals surface area contributed by atoms with Crippen LogP contribution in [0.3, 0.4) is 0 Å². The molecule has 0 fully saturated rings. The first-order chi connectivity index (χ1) is 28.8. The minimum Gasteiger partial charge on any atom is -0.310 e. The van der Waals surface area contributed by atoms with E-state index in [4.69, 9.17) is 0 Å². The van der Waals surface area contributed by atoms with Crippen molar-refractivity contribution < 1.29 is 0 Å². The molecule has 0 aliphatic carbocycles. The molecule has 0 N–H and O–H groups in total. The highest BCUT2D eigenvalue weighted by Crippen LogP contribution is 2.46. The van der Waals surface area contributed by atoms with Crippen molar-refractivity contribution in [2.45, 2.75) is 0 Å². The highest BCUT2D eigenvalue weighted by molar-refractivity contribution is 7.25. The van der Waals surface area contributed by atoms with Crippen molar-refractivity contribution >= 4 is 92.2 Å². The van der Waals surface area contributed by atoms with Crippen LogP contribution in [0.5, 0.6) is 0 Å². The number of rotatable bonds is 6. The summed E-state index contributed by atoms with van der Waals surface area (Å²) in [7, 11) is 0. The Balaban J connectivity index is 1.21. The van der Waals surface area contributed by atoms with E-state index in [1.165, 1.54) is 69.4 Å². The third kappa shape index (κ3) is 5.05. The number of para-hydroxylation sites is 4. The standard InChI is InChI=1S/C54H35N3S/c1-3-15-36(16-4-1)37-27-29-39(30-28-37)55(40-31-32-53-46(33-40)44-21-10-14-26-52(44)58-53)41-34-50-54(45-22-9-13-25-49(45)56(50)38-17-5-2-6-18-38)51(35-41)57-47-23-11-7-19-42(47)43-20-8-12-24-48(43)57/h1-35H. The van der Waals surface area contributed by atoms with Gasteiger partial charge in [-0.05, 0) is 90.0 Å². The largest absolute Gasteiger partial charge is 0.310 e. The SMILES string of the molecule is c1ccc(-c2ccc(N(c3ccc4sc5ccccc5c4c3)c3cc(-n4c5ccccc5c5ccccc54)c4c5ccccc5n(-c5ccccc5)c4c3)cc2)cc1. The van der Waals surface area contributed by atoms with Gasteiger partial charge in [0, 0.05) is 58.8 Å². The number of anilines is 3. The summed E-state index contributed by atoms with van der Waals surface area (Å²) in [6.45, 7) is 0. The maximum atomic E-state index is 2.49. The molecule has 12 rings (SSSR count). The second-order valence-corrected chi connectivity index (χ2v) is 16.0. The molecule has 3 nitrogen and oxygen atoms in total. The Kier molecular flexibility index (Phi) is 7.40. The van der Waals surface area contributed by atoms with Crippen molar-refractivity contribution in [1.82, 2.24) is 9.13 Å². The molecule has 272 valence electrons. The minimum absolute atomic E-state index is 1.08. The van der Waals surface area contributed by atoms with E-state index >= 15 is 0 Å². The van der Waals surface area contributed by atoms with Crippen LogP contribution in [0.2, 0.25) is 0 Å². The fraction of sp³-hybridized carbons (Fsp3) is 0. The Morgan fingerprint density at radius 2 is 0.862 bits per heavy atom. The number of aromatic nitrogens is 2. The molecule has 0 amide bonds. The molecule has 0 atom stereocenters. The number of nitrogens with zero attached hydrogens (tertiary/aromatic N) is 3. The number of benzene rings is 9. The fourth-order valence-corrected chi connectivity index (χ4v) is 10.2. The third-order valence-electron chi connectivity index (χ3n) is 11.7. The van der Waals surface area contributed by atoms with Crippen molar-refractivity contribution in [3.8, 4) is 22.5 Å². The van der Waals surface area contributed by atoms with Gasteiger partial charge in [0.2, 0.25) is 0 Å². The van der Waals surface area contributed by atoms with Gasteiger partial charge in [-0.15, -0.1) is 11.3 Å². The lowest BCUT2D eigenvalue weighted by Gasteiger charge is -2.27. The molecular weight excluding hydrogens is 723 g/mol. The van der Waals surface area contributed by atoms with E-state index in [9.17, 15) is 0 Å². The summed E-state index contributed by atoms with van der Waals surface area (Å²) < 4.78 is 7.52. The second-order valence-electron chi connectivity index (χ2n) is 14.9. The van der Waals surface area contributed by atoms with Gasteiger partial charge in [0.05, 0.1) is 33.4 Å². The van der Waals surface area contributed by atoms with Gasteiger partial charge in [-0.3, -0.25) is 0 Å². The van der Waals surface area contributed by atoms with Crippen LogP contribution in [0, 0.1) is 0 Å². The van der Waals surface area contributed by atoms with Crippen LogP contribution in [0.25, 0.3) is 86.3 Å². The van der Waals surface area contributed by atoms with Crippen LogP contribution in [0.4, 0.5) is 17.1 Å². The summed E-state index contributed by atoms with van der Waals surface area (Å²) in [5, 5.41) is 7.47. The van der Waals surface area contributed by atoms with Gasteiger partial charge < -0.3 is 14.0 Å². The van der Waals surface area contributed by atoms with Crippen molar-refractivity contribution in [3.05, 3.63) is 212 Å². The van der Waals surface area contributed by atoms with Gasteiger partial charge in [0.15, 0.2) is 0 Å². The van der Waals surface area contributed by atoms with Crippen LogP contribution < -0.4 is 4.90 Å². The number of thiophene rings is 1. The average Bonchev–Trinajstić information content (AvgIpc) is 3.95. The molecule has 0 spiro atoms. The van der Waals surface area contributed by atoms with Crippen LogP contribution in [0.1, 0.15) is 0 Å². The third-order valence-corrected chi connectivity index (χ3v) is 12.8. The average molecular weight is 758 g/mol. The fourth-order valence-electron chi connectivity index (χ4n) is 9.14. The molecule has 58 heavy (non-hydrogen) atoms. The lowest BCUT2D eigenvalue weighted by molar-refractivity contribution is 1.16. The molecule has 9 aromatic carbocycles. The van der Waals surface area contributed by atoms with Crippen LogP contribution in [0.15, 0.2) is 212 Å². The number of hydrogen-bond donors (Lipinski definition) is 0. The maximum Gasteiger partial charge on any atom is 0.0583 e. The van der Waals surface area contributed by atoms with Gasteiger partial charge >= 0.3 is 0 Å². The molecule has 0 saturated carbocycles. The minimum atomic E-state index is 1.08. The lowest BCUT2D eigenvalue weighted by Crippen LogP contribution is -2.11. The highest BCUT2D eigenvalue weighted by Gasteiger charge is 2.24. The van der Waals surface area contributed by atoms with E-state index < -0.39 is 0 Å². The van der Waals surface area contributed by atoms with Crippen molar-refractivity contribution in [1.29, 1.82) is 0 Å². The summed E-state index contributed by atoms with van der Waals surface area (Å²) in [4.78, 5) is 2.45. The van der Waals surface area contributed by atoms with Crippen LogP contribution >= 0.6 is 11.3 Å². The molecule has 0 bridgehead atoms. The molecule has 0 saturated heterocycles. The predicted molar refractivity (Wildman–Crippen MR) is 248 cm³/mol. The van der Waals surface area contributed by atoms with E-state index in [1.54, 1.807) is 0 Å². The van der Waals surface area contributed by atoms with E-state index in [1.807, 2.05) is 11.3 Å². The summed E-state index contributed by atoms with van der Waals surface area (Å²) >= 11 is 1.85. The predicted octanol–water partition coefficient (Wildman–Crippen LogP) is 15.4. The van der Waals surface area contributed by atoms with Crippen molar-refractivity contribution in [2.75, 3.05) is 4.90 Å². The van der Waals surface area contributed by atoms with Gasteiger partial charge in [0.1, 0.15) is 0 Å². The smallest absolute Gasteiger partial charge is 0.0583 e. The first-order valence-corrected chi connectivity index (χ1v) is 20.6. The normalized spacial score (nSPS) is 11.8. The zero-order valence-electron chi connectivity index (χ0n) is 31.5. The first-order valence-electron chi connectivity index (χ1n) is 19.8. The summed E-state index contributed by atoms with van der Waals surface area (Å²) in [6, 6.07) is 77.6. The Bertz CT molecular complexity index is 3450. The Morgan fingerprint density at radius 1 is 0.328 bits per heavy atom.